The van der Waals surface area contributed by atoms with Gasteiger partial charge < -0.3 is 14.8 Å². The van der Waals surface area contributed by atoms with Gasteiger partial charge in [-0.25, -0.2) is 0 Å². The first-order valence-corrected chi connectivity index (χ1v) is 8.49. The number of nitrogens with one attached hydrogen (secondary N) is 1. The summed E-state index contributed by atoms with van der Waals surface area (Å²) in [4.78, 5) is 12.2. The molecule has 0 saturated carbocycles. The van der Waals surface area contributed by atoms with Gasteiger partial charge in [0.05, 0.1) is 40.4 Å². The number of benzene rings is 2. The van der Waals surface area contributed by atoms with Gasteiger partial charge in [0, 0.05) is 18.6 Å². The lowest BCUT2D eigenvalue weighted by atomic mass is 10.1. The van der Waals surface area contributed by atoms with Crippen LogP contribution in [0.2, 0.25) is 15.1 Å². The van der Waals surface area contributed by atoms with Gasteiger partial charge in [-0.05, 0) is 17.7 Å². The van der Waals surface area contributed by atoms with E-state index in [-0.39, 0.29) is 12.3 Å². The Kier molecular flexibility index (Phi) is 5.39. The number of hydrogen-bond acceptors (Lipinski definition) is 3. The monoisotopic (exact) mass is 385 g/mol. The molecule has 0 unspecified atom stereocenters. The van der Waals surface area contributed by atoms with Crippen LogP contribution in [-0.2, 0) is 11.2 Å². The van der Waals surface area contributed by atoms with Crippen LogP contribution in [0.15, 0.2) is 30.3 Å². The molecule has 1 aliphatic heterocycles. The molecule has 4 nitrogen and oxygen atoms in total. The highest BCUT2D eigenvalue weighted by Gasteiger charge is 2.16. The molecule has 0 atom stereocenters. The first-order chi connectivity index (χ1) is 11.5. The van der Waals surface area contributed by atoms with Gasteiger partial charge in [-0.2, -0.15) is 0 Å². The first-order valence-electron chi connectivity index (χ1n) is 7.36. The highest BCUT2D eigenvalue weighted by Crippen LogP contribution is 2.37. The minimum atomic E-state index is -0.218. The van der Waals surface area contributed by atoms with Gasteiger partial charge in [0.25, 0.3) is 0 Å². The maximum Gasteiger partial charge on any atom is 0.228 e. The summed E-state index contributed by atoms with van der Waals surface area (Å²) in [5.41, 5.74) is 1.23. The highest BCUT2D eigenvalue weighted by atomic mass is 35.5. The van der Waals surface area contributed by atoms with E-state index in [0.717, 1.165) is 12.0 Å². The van der Waals surface area contributed by atoms with Crippen molar-refractivity contribution in [3.8, 4) is 11.5 Å². The van der Waals surface area contributed by atoms with E-state index in [4.69, 9.17) is 44.3 Å². The second-order valence-corrected chi connectivity index (χ2v) is 6.52. The Morgan fingerprint density at radius 1 is 0.958 bits per heavy atom. The van der Waals surface area contributed by atoms with Gasteiger partial charge >= 0.3 is 0 Å². The molecule has 0 aromatic heterocycles. The van der Waals surface area contributed by atoms with E-state index in [9.17, 15) is 4.79 Å². The molecule has 0 spiro atoms. The average molecular weight is 387 g/mol. The molecule has 7 heteroatoms. The molecule has 2 aromatic rings. The summed E-state index contributed by atoms with van der Waals surface area (Å²) in [6.07, 6.45) is 0.951. The van der Waals surface area contributed by atoms with Crippen LogP contribution in [0.5, 0.6) is 11.5 Å². The molecule has 2 aromatic carbocycles. The molecular weight excluding hydrogens is 373 g/mol. The van der Waals surface area contributed by atoms with Crippen molar-refractivity contribution in [3.63, 3.8) is 0 Å². The molecule has 0 aliphatic carbocycles. The summed E-state index contributed by atoms with van der Waals surface area (Å²) in [5, 5.41) is 4.03. The summed E-state index contributed by atoms with van der Waals surface area (Å²) in [5.74, 6) is 0.937. The van der Waals surface area contributed by atoms with Crippen molar-refractivity contribution >= 4 is 46.4 Å². The quantitative estimate of drug-likeness (QED) is 0.808. The number of ether oxygens (including phenoxy) is 2. The van der Waals surface area contributed by atoms with Crippen LogP contribution in [0.1, 0.15) is 12.0 Å². The number of carbonyl (C=O) groups excluding carboxylic acids is 1. The van der Waals surface area contributed by atoms with Crippen molar-refractivity contribution in [1.29, 1.82) is 0 Å². The standard InChI is InChI=1S/C17H14Cl3NO3/c18-11-3-2-10(6-12(11)19)7-17(22)21-14-9-16-15(8-13(14)20)23-4-1-5-24-16/h2-3,6,8-9H,1,4-5,7H2,(H,21,22). The topological polar surface area (TPSA) is 47.6 Å². The van der Waals surface area contributed by atoms with Gasteiger partial charge in [-0.1, -0.05) is 40.9 Å². The maximum absolute atomic E-state index is 12.2. The van der Waals surface area contributed by atoms with E-state index in [1.807, 2.05) is 0 Å². The lowest BCUT2D eigenvalue weighted by Crippen LogP contribution is -2.14. The number of carbonyl (C=O) groups is 1. The number of amides is 1. The summed E-state index contributed by atoms with van der Waals surface area (Å²) >= 11 is 18.1. The predicted molar refractivity (Wildman–Crippen MR) is 95.9 cm³/mol. The van der Waals surface area contributed by atoms with E-state index in [1.54, 1.807) is 30.3 Å². The summed E-state index contributed by atoms with van der Waals surface area (Å²) in [6.45, 7) is 1.14. The van der Waals surface area contributed by atoms with Crippen molar-refractivity contribution in [1.82, 2.24) is 0 Å². The Balaban J connectivity index is 1.74. The van der Waals surface area contributed by atoms with Gasteiger partial charge in [0.15, 0.2) is 11.5 Å². The predicted octanol–water partition coefficient (Wildman–Crippen LogP) is 4.99. The van der Waals surface area contributed by atoms with Gasteiger partial charge in [-0.15, -0.1) is 0 Å². The number of fused-ring (bicyclic) bond motifs is 1. The molecule has 0 saturated heterocycles. The normalized spacial score (nSPS) is 13.3. The number of hydrogen-bond donors (Lipinski definition) is 1. The lowest BCUT2D eigenvalue weighted by Gasteiger charge is -2.12. The van der Waals surface area contributed by atoms with Crippen LogP contribution in [-0.4, -0.2) is 19.1 Å². The van der Waals surface area contributed by atoms with Crippen molar-refractivity contribution < 1.29 is 14.3 Å². The first kappa shape index (κ1) is 17.2. The number of halogens is 3. The summed E-state index contributed by atoms with van der Waals surface area (Å²) < 4.78 is 11.2. The fraction of sp³-hybridized carbons (Fsp3) is 0.235. The van der Waals surface area contributed by atoms with Crippen molar-refractivity contribution in [3.05, 3.63) is 51.0 Å². The van der Waals surface area contributed by atoms with Crippen LogP contribution in [0.4, 0.5) is 5.69 Å². The smallest absolute Gasteiger partial charge is 0.228 e. The summed E-state index contributed by atoms with van der Waals surface area (Å²) in [6, 6.07) is 8.40. The molecule has 126 valence electrons. The molecule has 0 bridgehead atoms. The zero-order valence-electron chi connectivity index (χ0n) is 12.6. The molecule has 0 fully saturated rings. The third kappa shape index (κ3) is 4.07. The fourth-order valence-electron chi connectivity index (χ4n) is 2.31. The lowest BCUT2D eigenvalue weighted by molar-refractivity contribution is -0.115. The Labute approximate surface area is 154 Å². The molecule has 1 heterocycles. The Bertz CT molecular complexity index is 780. The fourth-order valence-corrected chi connectivity index (χ4v) is 2.83. The molecular formula is C17H14Cl3NO3. The zero-order valence-corrected chi connectivity index (χ0v) is 14.8. The van der Waals surface area contributed by atoms with E-state index in [1.165, 1.54) is 0 Å². The third-order valence-corrected chi connectivity index (χ3v) is 4.51. The Morgan fingerprint density at radius 2 is 1.67 bits per heavy atom. The second-order valence-electron chi connectivity index (χ2n) is 5.30. The highest BCUT2D eigenvalue weighted by molar-refractivity contribution is 6.42. The molecule has 1 amide bonds. The molecule has 0 radical (unpaired) electrons. The van der Waals surface area contributed by atoms with Crippen LogP contribution in [0, 0.1) is 0 Å². The van der Waals surface area contributed by atoms with Gasteiger partial charge in [0.2, 0.25) is 5.91 Å². The molecule has 24 heavy (non-hydrogen) atoms. The Hall–Kier alpha value is -1.62. The molecule has 3 rings (SSSR count). The molecule has 1 N–H and O–H groups in total. The minimum absolute atomic E-state index is 0.154. The zero-order chi connectivity index (χ0) is 17.1. The number of anilines is 1. The van der Waals surface area contributed by atoms with Crippen LogP contribution in [0.3, 0.4) is 0 Å². The van der Waals surface area contributed by atoms with Crippen molar-refractivity contribution in [2.45, 2.75) is 12.8 Å². The van der Waals surface area contributed by atoms with Crippen LogP contribution in [0.25, 0.3) is 0 Å². The van der Waals surface area contributed by atoms with Gasteiger partial charge in [0.1, 0.15) is 0 Å². The number of rotatable bonds is 3. The second kappa shape index (κ2) is 7.51. The average Bonchev–Trinajstić information content (AvgIpc) is 2.76. The largest absolute Gasteiger partial charge is 0.490 e. The van der Waals surface area contributed by atoms with Gasteiger partial charge in [-0.3, -0.25) is 4.79 Å². The maximum atomic E-state index is 12.2. The molecule has 1 aliphatic rings. The Morgan fingerprint density at radius 3 is 2.38 bits per heavy atom. The minimum Gasteiger partial charge on any atom is -0.490 e. The van der Waals surface area contributed by atoms with Crippen LogP contribution < -0.4 is 14.8 Å². The SMILES string of the molecule is O=C(Cc1ccc(Cl)c(Cl)c1)Nc1cc2c(cc1Cl)OCCCO2. The summed E-state index contributed by atoms with van der Waals surface area (Å²) in [7, 11) is 0. The van der Waals surface area contributed by atoms with Crippen molar-refractivity contribution in [2.75, 3.05) is 18.5 Å². The van der Waals surface area contributed by atoms with Crippen molar-refractivity contribution in [2.24, 2.45) is 0 Å². The van der Waals surface area contributed by atoms with E-state index < -0.39 is 0 Å². The van der Waals surface area contributed by atoms with E-state index in [2.05, 4.69) is 5.32 Å². The van der Waals surface area contributed by atoms with E-state index >= 15 is 0 Å². The van der Waals surface area contributed by atoms with E-state index in [0.29, 0.717) is 45.5 Å². The third-order valence-electron chi connectivity index (χ3n) is 3.46. The van der Waals surface area contributed by atoms with Crippen LogP contribution >= 0.6 is 34.8 Å².